The normalized spacial score (nSPS) is 13.7. The van der Waals surface area contributed by atoms with E-state index >= 15 is 0 Å². The van der Waals surface area contributed by atoms with Crippen LogP contribution in [-0.4, -0.2) is 24.5 Å². The smallest absolute Gasteiger partial charge is 0.254 e. The molecule has 4 heteroatoms. The zero-order valence-electron chi connectivity index (χ0n) is 13.0. The van der Waals surface area contributed by atoms with Gasteiger partial charge >= 0.3 is 0 Å². The molecule has 1 heterocycles. The first-order chi connectivity index (χ1) is 11.1. The molecule has 2 aromatic carbocycles. The van der Waals surface area contributed by atoms with Gasteiger partial charge in [-0.3, -0.25) is 4.79 Å². The standard InChI is InChI=1S/C19H18FNO2/c1-13(20)15-5-8-18-16(11-15)9-10-21(19(18)22)12-14-3-6-17(23-2)7-4-14/h3-8,11H,1,9-10,12H2,2H3. The van der Waals surface area contributed by atoms with Crippen molar-refractivity contribution in [3.05, 3.63) is 71.3 Å². The highest BCUT2D eigenvalue weighted by Gasteiger charge is 2.24. The predicted molar refractivity (Wildman–Crippen MR) is 88.0 cm³/mol. The van der Waals surface area contributed by atoms with Gasteiger partial charge in [0.15, 0.2) is 0 Å². The van der Waals surface area contributed by atoms with Gasteiger partial charge in [-0.1, -0.05) is 24.8 Å². The summed E-state index contributed by atoms with van der Waals surface area (Å²) in [5, 5.41) is 0. The Hall–Kier alpha value is -2.62. The summed E-state index contributed by atoms with van der Waals surface area (Å²) in [5.74, 6) is 0.307. The summed E-state index contributed by atoms with van der Waals surface area (Å²) in [6.07, 6.45) is 0.721. The van der Waals surface area contributed by atoms with E-state index in [0.29, 0.717) is 24.2 Å². The molecule has 1 amide bonds. The van der Waals surface area contributed by atoms with Gasteiger partial charge in [0.2, 0.25) is 0 Å². The number of carbonyl (C=O) groups excluding carboxylic acids is 1. The van der Waals surface area contributed by atoms with Gasteiger partial charge in [-0.15, -0.1) is 0 Å². The molecule has 3 nitrogen and oxygen atoms in total. The molecule has 0 unspecified atom stereocenters. The zero-order chi connectivity index (χ0) is 16.4. The number of nitrogens with zero attached hydrogens (tertiary/aromatic N) is 1. The van der Waals surface area contributed by atoms with Crippen molar-refractivity contribution in [2.24, 2.45) is 0 Å². The van der Waals surface area contributed by atoms with Crippen molar-refractivity contribution in [3.63, 3.8) is 0 Å². The number of methoxy groups -OCH3 is 1. The number of amides is 1. The number of hydrogen-bond donors (Lipinski definition) is 0. The second-order valence-electron chi connectivity index (χ2n) is 5.60. The van der Waals surface area contributed by atoms with Gasteiger partial charge < -0.3 is 9.64 Å². The maximum atomic E-state index is 13.2. The van der Waals surface area contributed by atoms with Crippen LogP contribution >= 0.6 is 0 Å². The second kappa shape index (κ2) is 6.24. The van der Waals surface area contributed by atoms with Crippen LogP contribution in [0.1, 0.15) is 27.0 Å². The molecule has 23 heavy (non-hydrogen) atoms. The Morgan fingerprint density at radius 1 is 1.26 bits per heavy atom. The van der Waals surface area contributed by atoms with Gasteiger partial charge in [-0.2, -0.15) is 0 Å². The Balaban J connectivity index is 1.79. The van der Waals surface area contributed by atoms with Crippen LogP contribution in [0.15, 0.2) is 49.0 Å². The molecule has 118 valence electrons. The van der Waals surface area contributed by atoms with Gasteiger partial charge in [-0.25, -0.2) is 4.39 Å². The first kappa shape index (κ1) is 15.3. The van der Waals surface area contributed by atoms with Crippen LogP contribution in [0.3, 0.4) is 0 Å². The summed E-state index contributed by atoms with van der Waals surface area (Å²) < 4.78 is 18.4. The summed E-state index contributed by atoms with van der Waals surface area (Å²) in [6, 6.07) is 12.7. The topological polar surface area (TPSA) is 29.5 Å². The van der Waals surface area contributed by atoms with E-state index < -0.39 is 5.83 Å². The Kier molecular flexibility index (Phi) is 4.15. The third-order valence-corrected chi connectivity index (χ3v) is 4.12. The molecule has 0 radical (unpaired) electrons. The lowest BCUT2D eigenvalue weighted by Gasteiger charge is -2.29. The fraction of sp³-hybridized carbons (Fsp3) is 0.211. The van der Waals surface area contributed by atoms with Crippen LogP contribution in [0.25, 0.3) is 5.83 Å². The number of rotatable bonds is 4. The molecule has 0 saturated carbocycles. The molecule has 0 aromatic heterocycles. The fourth-order valence-corrected chi connectivity index (χ4v) is 2.81. The van der Waals surface area contributed by atoms with Gasteiger partial charge in [0, 0.05) is 24.2 Å². The molecule has 0 fully saturated rings. The number of benzene rings is 2. The van der Waals surface area contributed by atoms with E-state index in [9.17, 15) is 9.18 Å². The van der Waals surface area contributed by atoms with Gasteiger partial charge in [0.05, 0.1) is 7.11 Å². The molecule has 0 bridgehead atoms. The molecule has 3 rings (SSSR count). The molecule has 1 aliphatic heterocycles. The van der Waals surface area contributed by atoms with Crippen LogP contribution in [0, 0.1) is 0 Å². The number of fused-ring (bicyclic) bond motifs is 1. The van der Waals surface area contributed by atoms with Crippen molar-refractivity contribution >= 4 is 11.7 Å². The molecule has 2 aromatic rings. The van der Waals surface area contributed by atoms with Crippen LogP contribution in [-0.2, 0) is 13.0 Å². The highest BCUT2D eigenvalue weighted by molar-refractivity contribution is 5.97. The first-order valence-corrected chi connectivity index (χ1v) is 7.48. The highest BCUT2D eigenvalue weighted by Crippen LogP contribution is 2.25. The fourth-order valence-electron chi connectivity index (χ4n) is 2.81. The average molecular weight is 311 g/mol. The minimum absolute atomic E-state index is 0.0157. The second-order valence-corrected chi connectivity index (χ2v) is 5.60. The van der Waals surface area contributed by atoms with Crippen molar-refractivity contribution in [2.45, 2.75) is 13.0 Å². The number of hydrogen-bond acceptors (Lipinski definition) is 2. The van der Waals surface area contributed by atoms with Crippen LogP contribution in [0.5, 0.6) is 5.75 Å². The van der Waals surface area contributed by atoms with Gasteiger partial charge in [-0.05, 0) is 41.8 Å². The van der Waals surface area contributed by atoms with E-state index in [-0.39, 0.29) is 5.91 Å². The SMILES string of the molecule is C=C(F)c1ccc2c(c1)CCN(Cc1ccc(OC)cc1)C2=O. The van der Waals surface area contributed by atoms with Gasteiger partial charge in [0.25, 0.3) is 5.91 Å². The van der Waals surface area contributed by atoms with E-state index in [4.69, 9.17) is 4.74 Å². The third kappa shape index (κ3) is 3.11. The lowest BCUT2D eigenvalue weighted by Crippen LogP contribution is -2.37. The molecule has 0 aliphatic carbocycles. The molecule has 1 aliphatic rings. The van der Waals surface area contributed by atoms with Crippen molar-refractivity contribution < 1.29 is 13.9 Å². The summed E-state index contributed by atoms with van der Waals surface area (Å²) in [6.45, 7) is 4.49. The monoisotopic (exact) mass is 311 g/mol. The molecular formula is C19H18FNO2. The zero-order valence-corrected chi connectivity index (χ0v) is 13.0. The Labute approximate surface area is 135 Å². The maximum Gasteiger partial charge on any atom is 0.254 e. The Morgan fingerprint density at radius 3 is 2.65 bits per heavy atom. The minimum atomic E-state index is -0.471. The average Bonchev–Trinajstić information content (AvgIpc) is 2.57. The molecule has 0 spiro atoms. The molecule has 0 saturated heterocycles. The number of halogens is 1. The third-order valence-electron chi connectivity index (χ3n) is 4.12. The Morgan fingerprint density at radius 2 is 2.00 bits per heavy atom. The quantitative estimate of drug-likeness (QED) is 0.859. The van der Waals surface area contributed by atoms with E-state index in [2.05, 4.69) is 6.58 Å². The van der Waals surface area contributed by atoms with Crippen molar-refractivity contribution in [3.8, 4) is 5.75 Å². The van der Waals surface area contributed by atoms with Crippen LogP contribution < -0.4 is 4.74 Å². The summed E-state index contributed by atoms with van der Waals surface area (Å²) in [4.78, 5) is 14.4. The molecule has 0 N–H and O–H groups in total. The first-order valence-electron chi connectivity index (χ1n) is 7.48. The van der Waals surface area contributed by atoms with E-state index in [1.807, 2.05) is 29.2 Å². The van der Waals surface area contributed by atoms with Crippen LogP contribution in [0.2, 0.25) is 0 Å². The number of carbonyl (C=O) groups is 1. The van der Waals surface area contributed by atoms with E-state index in [0.717, 1.165) is 23.3 Å². The summed E-state index contributed by atoms with van der Waals surface area (Å²) >= 11 is 0. The maximum absolute atomic E-state index is 13.2. The minimum Gasteiger partial charge on any atom is -0.497 e. The molecular weight excluding hydrogens is 293 g/mol. The molecule has 0 atom stereocenters. The predicted octanol–water partition coefficient (Wildman–Crippen LogP) is 3.83. The van der Waals surface area contributed by atoms with Crippen molar-refractivity contribution in [1.82, 2.24) is 4.90 Å². The largest absolute Gasteiger partial charge is 0.497 e. The lowest BCUT2D eigenvalue weighted by molar-refractivity contribution is 0.0727. The lowest BCUT2D eigenvalue weighted by atomic mass is 9.96. The van der Waals surface area contributed by atoms with Gasteiger partial charge in [0.1, 0.15) is 11.6 Å². The van der Waals surface area contributed by atoms with Crippen molar-refractivity contribution in [1.29, 1.82) is 0 Å². The highest BCUT2D eigenvalue weighted by atomic mass is 19.1. The number of ether oxygens (including phenoxy) is 1. The van der Waals surface area contributed by atoms with Crippen LogP contribution in [0.4, 0.5) is 4.39 Å². The Bertz CT molecular complexity index is 752. The van der Waals surface area contributed by atoms with E-state index in [1.165, 1.54) is 0 Å². The summed E-state index contributed by atoms with van der Waals surface area (Å²) in [5.41, 5.74) is 3.03. The summed E-state index contributed by atoms with van der Waals surface area (Å²) in [7, 11) is 1.63. The van der Waals surface area contributed by atoms with Crippen molar-refractivity contribution in [2.75, 3.05) is 13.7 Å². The van der Waals surface area contributed by atoms with E-state index in [1.54, 1.807) is 25.3 Å².